The molecule has 0 bridgehead atoms. The minimum absolute atomic E-state index is 0.351. The van der Waals surface area contributed by atoms with Crippen molar-refractivity contribution >= 4 is 11.7 Å². The standard InChI is InChI=1S/C22H21NO2/c1-17-12-13-20(14-21(17)22(24)25)23(15-18-8-4-2-5-9-18)16-19-10-6-3-7-11-19/h2-14H,15-16H2,1H3,(H,24,25). The average molecular weight is 331 g/mol. The highest BCUT2D eigenvalue weighted by molar-refractivity contribution is 5.90. The Morgan fingerprint density at radius 1 is 0.840 bits per heavy atom. The summed E-state index contributed by atoms with van der Waals surface area (Å²) in [4.78, 5) is 13.7. The first-order valence-electron chi connectivity index (χ1n) is 8.30. The molecule has 0 saturated carbocycles. The molecule has 0 aromatic heterocycles. The van der Waals surface area contributed by atoms with Gasteiger partial charge >= 0.3 is 5.97 Å². The molecule has 0 saturated heterocycles. The van der Waals surface area contributed by atoms with Crippen LogP contribution in [0.15, 0.2) is 78.9 Å². The summed E-state index contributed by atoms with van der Waals surface area (Å²) in [6, 6.07) is 26.1. The van der Waals surface area contributed by atoms with Crippen molar-refractivity contribution in [3.8, 4) is 0 Å². The fourth-order valence-corrected chi connectivity index (χ4v) is 2.88. The van der Waals surface area contributed by atoms with Crippen molar-refractivity contribution in [1.29, 1.82) is 0 Å². The Morgan fingerprint density at radius 2 is 1.36 bits per heavy atom. The second-order valence-electron chi connectivity index (χ2n) is 6.13. The van der Waals surface area contributed by atoms with Gasteiger partial charge in [0.15, 0.2) is 0 Å². The zero-order valence-electron chi connectivity index (χ0n) is 14.2. The van der Waals surface area contributed by atoms with Gasteiger partial charge < -0.3 is 10.0 Å². The van der Waals surface area contributed by atoms with Gasteiger partial charge in [-0.15, -0.1) is 0 Å². The van der Waals surface area contributed by atoms with Crippen molar-refractivity contribution < 1.29 is 9.90 Å². The number of aromatic carboxylic acids is 1. The number of aryl methyl sites for hydroxylation is 1. The smallest absolute Gasteiger partial charge is 0.336 e. The van der Waals surface area contributed by atoms with Gasteiger partial charge in [0, 0.05) is 18.8 Å². The van der Waals surface area contributed by atoms with Crippen LogP contribution in [0.5, 0.6) is 0 Å². The maximum Gasteiger partial charge on any atom is 0.336 e. The number of carboxylic acid groups (broad SMARTS) is 1. The zero-order valence-corrected chi connectivity index (χ0v) is 14.2. The van der Waals surface area contributed by atoms with Crippen molar-refractivity contribution in [2.75, 3.05) is 4.90 Å². The molecule has 0 unspecified atom stereocenters. The Bertz CT molecular complexity index is 803. The Hall–Kier alpha value is -3.07. The van der Waals surface area contributed by atoms with E-state index in [4.69, 9.17) is 0 Å². The lowest BCUT2D eigenvalue weighted by Gasteiger charge is -2.26. The van der Waals surface area contributed by atoms with Gasteiger partial charge in [-0.3, -0.25) is 0 Å². The summed E-state index contributed by atoms with van der Waals surface area (Å²) in [5.41, 5.74) is 4.42. The van der Waals surface area contributed by atoms with Crippen molar-refractivity contribution in [3.63, 3.8) is 0 Å². The summed E-state index contributed by atoms with van der Waals surface area (Å²) in [6.07, 6.45) is 0. The minimum Gasteiger partial charge on any atom is -0.478 e. The first-order valence-corrected chi connectivity index (χ1v) is 8.30. The van der Waals surface area contributed by atoms with Crippen LogP contribution in [-0.4, -0.2) is 11.1 Å². The molecule has 1 N–H and O–H groups in total. The van der Waals surface area contributed by atoms with E-state index >= 15 is 0 Å². The molecular formula is C22H21NO2. The Morgan fingerprint density at radius 3 is 1.84 bits per heavy atom. The molecule has 3 nitrogen and oxygen atoms in total. The van der Waals surface area contributed by atoms with Crippen LogP contribution in [0.4, 0.5) is 5.69 Å². The number of hydrogen-bond acceptors (Lipinski definition) is 2. The van der Waals surface area contributed by atoms with Gasteiger partial charge in [0.25, 0.3) is 0 Å². The van der Waals surface area contributed by atoms with E-state index in [1.165, 1.54) is 11.1 Å². The van der Waals surface area contributed by atoms with E-state index in [2.05, 4.69) is 29.2 Å². The van der Waals surface area contributed by atoms with Crippen molar-refractivity contribution in [3.05, 3.63) is 101 Å². The highest BCUT2D eigenvalue weighted by Gasteiger charge is 2.13. The van der Waals surface area contributed by atoms with Crippen LogP contribution in [0.2, 0.25) is 0 Å². The van der Waals surface area contributed by atoms with Crippen molar-refractivity contribution in [1.82, 2.24) is 0 Å². The lowest BCUT2D eigenvalue weighted by molar-refractivity contribution is 0.0696. The van der Waals surface area contributed by atoms with Gasteiger partial charge in [0.2, 0.25) is 0 Å². The number of carbonyl (C=O) groups is 1. The molecule has 3 aromatic rings. The Kier molecular flexibility index (Phi) is 5.14. The molecular weight excluding hydrogens is 310 g/mol. The highest BCUT2D eigenvalue weighted by Crippen LogP contribution is 2.23. The number of carboxylic acids is 1. The predicted molar refractivity (Wildman–Crippen MR) is 101 cm³/mol. The van der Waals surface area contributed by atoms with Gasteiger partial charge in [-0.2, -0.15) is 0 Å². The van der Waals surface area contributed by atoms with Gasteiger partial charge in [-0.1, -0.05) is 66.7 Å². The number of nitrogens with zero attached hydrogens (tertiary/aromatic N) is 1. The third kappa shape index (κ3) is 4.27. The van der Waals surface area contributed by atoms with Crippen LogP contribution < -0.4 is 4.90 Å². The second-order valence-corrected chi connectivity index (χ2v) is 6.13. The summed E-state index contributed by atoms with van der Waals surface area (Å²) in [5.74, 6) is -0.890. The number of hydrogen-bond donors (Lipinski definition) is 1. The lowest BCUT2D eigenvalue weighted by atomic mass is 10.1. The fraction of sp³-hybridized carbons (Fsp3) is 0.136. The van der Waals surface area contributed by atoms with E-state index in [1.807, 2.05) is 55.5 Å². The molecule has 25 heavy (non-hydrogen) atoms. The maximum atomic E-state index is 11.5. The van der Waals surface area contributed by atoms with Crippen LogP contribution in [-0.2, 0) is 13.1 Å². The van der Waals surface area contributed by atoms with E-state index in [9.17, 15) is 9.90 Å². The third-order valence-corrected chi connectivity index (χ3v) is 4.25. The minimum atomic E-state index is -0.890. The maximum absolute atomic E-state index is 11.5. The molecule has 0 atom stereocenters. The highest BCUT2D eigenvalue weighted by atomic mass is 16.4. The van der Waals surface area contributed by atoms with E-state index < -0.39 is 5.97 Å². The van der Waals surface area contributed by atoms with E-state index in [1.54, 1.807) is 6.07 Å². The summed E-state index contributed by atoms with van der Waals surface area (Å²) in [6.45, 7) is 3.27. The van der Waals surface area contributed by atoms with Crippen molar-refractivity contribution in [2.24, 2.45) is 0 Å². The largest absolute Gasteiger partial charge is 0.478 e. The number of benzene rings is 3. The SMILES string of the molecule is Cc1ccc(N(Cc2ccccc2)Cc2ccccc2)cc1C(=O)O. The van der Waals surface area contributed by atoms with Gasteiger partial charge in [0.1, 0.15) is 0 Å². The van der Waals surface area contributed by atoms with Gasteiger partial charge in [-0.25, -0.2) is 4.79 Å². The van der Waals surface area contributed by atoms with E-state index in [-0.39, 0.29) is 0 Å². The van der Waals surface area contributed by atoms with Crippen LogP contribution in [0.25, 0.3) is 0 Å². The Balaban J connectivity index is 1.95. The van der Waals surface area contributed by atoms with E-state index in [0.29, 0.717) is 5.56 Å². The molecule has 0 radical (unpaired) electrons. The molecule has 0 aliphatic heterocycles. The second kappa shape index (κ2) is 7.67. The molecule has 3 aromatic carbocycles. The predicted octanol–water partition coefficient (Wildman–Crippen LogP) is 4.90. The van der Waals surface area contributed by atoms with Crippen LogP contribution in [0.3, 0.4) is 0 Å². The number of rotatable bonds is 6. The summed E-state index contributed by atoms with van der Waals surface area (Å²) in [5, 5.41) is 9.43. The average Bonchev–Trinajstić information content (AvgIpc) is 2.63. The molecule has 0 spiro atoms. The van der Waals surface area contributed by atoms with E-state index in [0.717, 1.165) is 24.3 Å². The zero-order chi connectivity index (χ0) is 17.6. The topological polar surface area (TPSA) is 40.5 Å². The monoisotopic (exact) mass is 331 g/mol. The molecule has 3 rings (SSSR count). The molecule has 0 amide bonds. The molecule has 126 valence electrons. The third-order valence-electron chi connectivity index (χ3n) is 4.25. The summed E-state index contributed by atoms with van der Waals surface area (Å²) >= 11 is 0. The molecule has 0 fully saturated rings. The first kappa shape index (κ1) is 16.8. The summed E-state index contributed by atoms with van der Waals surface area (Å²) in [7, 11) is 0. The normalized spacial score (nSPS) is 10.4. The molecule has 0 aliphatic carbocycles. The molecule has 0 aliphatic rings. The lowest BCUT2D eigenvalue weighted by Crippen LogP contribution is -2.22. The fourth-order valence-electron chi connectivity index (χ4n) is 2.88. The van der Waals surface area contributed by atoms with Crippen molar-refractivity contribution in [2.45, 2.75) is 20.0 Å². The van der Waals surface area contributed by atoms with Crippen LogP contribution >= 0.6 is 0 Å². The quantitative estimate of drug-likeness (QED) is 0.698. The number of anilines is 1. The molecule has 3 heteroatoms. The summed E-state index contributed by atoms with van der Waals surface area (Å²) < 4.78 is 0. The van der Waals surface area contributed by atoms with Gasteiger partial charge in [-0.05, 0) is 35.7 Å². The van der Waals surface area contributed by atoms with Crippen LogP contribution in [0.1, 0.15) is 27.0 Å². The van der Waals surface area contributed by atoms with Crippen LogP contribution in [0, 0.1) is 6.92 Å². The molecule has 0 heterocycles. The van der Waals surface area contributed by atoms with Gasteiger partial charge in [0.05, 0.1) is 5.56 Å². The first-order chi connectivity index (χ1) is 12.1. The Labute approximate surface area is 148 Å².